The highest BCUT2D eigenvalue weighted by atomic mass is 32.2. The Kier molecular flexibility index (Phi) is 7.50. The van der Waals surface area contributed by atoms with Gasteiger partial charge in [0.2, 0.25) is 15.9 Å². The van der Waals surface area contributed by atoms with Crippen LogP contribution >= 0.6 is 0 Å². The highest BCUT2D eigenvalue weighted by Gasteiger charge is 2.31. The minimum absolute atomic E-state index is 0.341. The maximum absolute atomic E-state index is 12.7. The average molecular weight is 421 g/mol. The van der Waals surface area contributed by atoms with Crippen molar-refractivity contribution in [2.75, 3.05) is 31.3 Å². The zero-order valence-corrected chi connectivity index (χ0v) is 18.2. The van der Waals surface area contributed by atoms with Crippen molar-refractivity contribution in [1.82, 2.24) is 5.32 Å². The summed E-state index contributed by atoms with van der Waals surface area (Å²) in [4.78, 5) is 12.7. The van der Waals surface area contributed by atoms with Crippen LogP contribution in [0.4, 0.5) is 5.69 Å². The number of anilines is 1. The van der Waals surface area contributed by atoms with Crippen LogP contribution in [0, 0.1) is 6.92 Å². The van der Waals surface area contributed by atoms with Crippen LogP contribution < -0.4 is 19.1 Å². The SMILES string of the molecule is COc1ccc(CCNC(=O)[C@H](C)N(c2cc(C)ccc2OC)S(C)(=O)=O)cc1. The molecule has 0 fully saturated rings. The number of rotatable bonds is 9. The second kappa shape index (κ2) is 9.65. The number of benzene rings is 2. The van der Waals surface area contributed by atoms with Crippen molar-refractivity contribution in [2.45, 2.75) is 26.3 Å². The standard InChI is InChI=1S/C21H28N2O5S/c1-15-6-11-20(28-4)19(14-15)23(29(5,25)26)16(2)21(24)22-13-12-17-7-9-18(27-3)10-8-17/h6-11,14,16H,12-13H2,1-5H3,(H,22,24)/t16-/m0/s1. The van der Waals surface area contributed by atoms with Crippen LogP contribution in [0.2, 0.25) is 0 Å². The quantitative estimate of drug-likeness (QED) is 0.674. The number of hydrogen-bond acceptors (Lipinski definition) is 5. The first-order valence-corrected chi connectivity index (χ1v) is 11.1. The van der Waals surface area contributed by atoms with Crippen LogP contribution in [0.3, 0.4) is 0 Å². The summed E-state index contributed by atoms with van der Waals surface area (Å²) in [6.45, 7) is 3.80. The third-order valence-electron chi connectivity index (χ3n) is 4.53. The molecule has 29 heavy (non-hydrogen) atoms. The predicted molar refractivity (Wildman–Crippen MR) is 114 cm³/mol. The Bertz CT molecular complexity index is 942. The molecule has 0 saturated heterocycles. The second-order valence-electron chi connectivity index (χ2n) is 6.80. The highest BCUT2D eigenvalue weighted by molar-refractivity contribution is 7.92. The van der Waals surface area contributed by atoms with Crippen molar-refractivity contribution in [2.24, 2.45) is 0 Å². The Morgan fingerprint density at radius 2 is 1.76 bits per heavy atom. The zero-order chi connectivity index (χ0) is 21.6. The van der Waals surface area contributed by atoms with E-state index >= 15 is 0 Å². The molecule has 2 aromatic rings. The van der Waals surface area contributed by atoms with Crippen molar-refractivity contribution >= 4 is 21.6 Å². The number of aryl methyl sites for hydroxylation is 1. The van der Waals surface area contributed by atoms with Crippen LogP contribution in [0.5, 0.6) is 11.5 Å². The molecule has 7 nitrogen and oxygen atoms in total. The third kappa shape index (κ3) is 5.87. The van der Waals surface area contributed by atoms with Crippen LogP contribution in [0.1, 0.15) is 18.1 Å². The first kappa shape index (κ1) is 22.5. The molecule has 2 rings (SSSR count). The number of carbonyl (C=O) groups excluding carboxylic acids is 1. The molecule has 0 aliphatic rings. The molecule has 0 radical (unpaired) electrons. The summed E-state index contributed by atoms with van der Waals surface area (Å²) in [6.07, 6.45) is 1.70. The number of ether oxygens (including phenoxy) is 2. The molecule has 1 atom stereocenters. The fourth-order valence-electron chi connectivity index (χ4n) is 3.02. The van der Waals surface area contributed by atoms with Gasteiger partial charge in [-0.05, 0) is 55.7 Å². The molecule has 0 aromatic heterocycles. The summed E-state index contributed by atoms with van der Waals surface area (Å²) in [7, 11) is -0.647. The topological polar surface area (TPSA) is 84.9 Å². The van der Waals surface area contributed by atoms with Gasteiger partial charge in [-0.1, -0.05) is 18.2 Å². The Morgan fingerprint density at radius 3 is 2.31 bits per heavy atom. The van der Waals surface area contributed by atoms with E-state index in [-0.39, 0.29) is 5.91 Å². The van der Waals surface area contributed by atoms with E-state index in [0.29, 0.717) is 24.4 Å². The Morgan fingerprint density at radius 1 is 1.10 bits per heavy atom. The molecule has 1 N–H and O–H groups in total. The number of methoxy groups -OCH3 is 2. The largest absolute Gasteiger partial charge is 0.497 e. The number of sulfonamides is 1. The number of hydrogen-bond donors (Lipinski definition) is 1. The third-order valence-corrected chi connectivity index (χ3v) is 5.76. The van der Waals surface area contributed by atoms with Crippen molar-refractivity contribution < 1.29 is 22.7 Å². The van der Waals surface area contributed by atoms with Crippen molar-refractivity contribution in [3.05, 3.63) is 53.6 Å². The number of nitrogens with one attached hydrogen (secondary N) is 1. The average Bonchev–Trinajstić information content (AvgIpc) is 2.67. The number of amides is 1. The van der Waals surface area contributed by atoms with Gasteiger partial charge in [-0.2, -0.15) is 0 Å². The first-order valence-electron chi connectivity index (χ1n) is 9.22. The molecule has 2 aromatic carbocycles. The van der Waals surface area contributed by atoms with Gasteiger partial charge < -0.3 is 14.8 Å². The minimum Gasteiger partial charge on any atom is -0.497 e. The summed E-state index contributed by atoms with van der Waals surface area (Å²) < 4.78 is 36.5. The molecular formula is C21H28N2O5S. The number of nitrogens with zero attached hydrogens (tertiary/aromatic N) is 1. The van der Waals surface area contributed by atoms with Gasteiger partial charge in [-0.25, -0.2) is 8.42 Å². The fraction of sp³-hybridized carbons (Fsp3) is 0.381. The summed E-state index contributed by atoms with van der Waals surface area (Å²) in [5.41, 5.74) is 2.24. The maximum Gasteiger partial charge on any atom is 0.243 e. The van der Waals surface area contributed by atoms with E-state index in [1.807, 2.05) is 37.3 Å². The summed E-state index contributed by atoms with van der Waals surface area (Å²) in [6, 6.07) is 11.8. The lowest BCUT2D eigenvalue weighted by molar-refractivity contribution is -0.121. The van der Waals surface area contributed by atoms with Crippen molar-refractivity contribution in [3.63, 3.8) is 0 Å². The van der Waals surface area contributed by atoms with E-state index in [2.05, 4.69) is 5.32 Å². The molecule has 0 aliphatic heterocycles. The second-order valence-corrected chi connectivity index (χ2v) is 8.66. The Hall–Kier alpha value is -2.74. The lowest BCUT2D eigenvalue weighted by Gasteiger charge is -2.29. The monoisotopic (exact) mass is 420 g/mol. The van der Waals surface area contributed by atoms with Gasteiger partial charge in [0, 0.05) is 6.54 Å². The Labute approximate surface area is 172 Å². The predicted octanol–water partition coefficient (Wildman–Crippen LogP) is 2.53. The van der Waals surface area contributed by atoms with Gasteiger partial charge in [0.25, 0.3) is 0 Å². The summed E-state index contributed by atoms with van der Waals surface area (Å²) in [5, 5.41) is 2.82. The van der Waals surface area contributed by atoms with Gasteiger partial charge in [0.05, 0.1) is 26.2 Å². The van der Waals surface area contributed by atoms with E-state index in [0.717, 1.165) is 27.4 Å². The molecule has 1 amide bonds. The fourth-order valence-corrected chi connectivity index (χ4v) is 4.19. The molecule has 8 heteroatoms. The lowest BCUT2D eigenvalue weighted by Crippen LogP contribution is -2.48. The van der Waals surface area contributed by atoms with Crippen LogP contribution in [0.15, 0.2) is 42.5 Å². The summed E-state index contributed by atoms with van der Waals surface area (Å²) >= 11 is 0. The molecule has 0 aliphatic carbocycles. The van der Waals surface area contributed by atoms with Crippen LogP contribution in [0.25, 0.3) is 0 Å². The van der Waals surface area contributed by atoms with Gasteiger partial charge in [0.15, 0.2) is 0 Å². The smallest absolute Gasteiger partial charge is 0.243 e. The normalized spacial score (nSPS) is 12.2. The molecule has 0 bridgehead atoms. The van der Waals surface area contributed by atoms with Crippen molar-refractivity contribution in [1.29, 1.82) is 0 Å². The maximum atomic E-state index is 12.7. The van der Waals surface area contributed by atoms with Gasteiger partial charge in [-0.15, -0.1) is 0 Å². The molecule has 0 saturated carbocycles. The molecule has 158 valence electrons. The van der Waals surface area contributed by atoms with Crippen molar-refractivity contribution in [3.8, 4) is 11.5 Å². The van der Waals surface area contributed by atoms with E-state index in [1.54, 1.807) is 26.2 Å². The lowest BCUT2D eigenvalue weighted by atomic mass is 10.1. The van der Waals surface area contributed by atoms with E-state index in [9.17, 15) is 13.2 Å². The Balaban J connectivity index is 2.14. The first-order chi connectivity index (χ1) is 13.7. The molecule has 0 heterocycles. The van der Waals surface area contributed by atoms with Gasteiger partial charge in [-0.3, -0.25) is 9.10 Å². The van der Waals surface area contributed by atoms with Gasteiger partial charge >= 0.3 is 0 Å². The van der Waals surface area contributed by atoms with Crippen LogP contribution in [-0.2, 0) is 21.2 Å². The highest BCUT2D eigenvalue weighted by Crippen LogP contribution is 2.32. The minimum atomic E-state index is -3.72. The van der Waals surface area contributed by atoms with E-state index in [1.165, 1.54) is 7.11 Å². The molecule has 0 spiro atoms. The molecule has 0 unspecified atom stereocenters. The van der Waals surface area contributed by atoms with Crippen LogP contribution in [-0.4, -0.2) is 47.4 Å². The van der Waals surface area contributed by atoms with Gasteiger partial charge in [0.1, 0.15) is 17.5 Å². The van der Waals surface area contributed by atoms with E-state index < -0.39 is 16.1 Å². The molecular weight excluding hydrogens is 392 g/mol. The summed E-state index contributed by atoms with van der Waals surface area (Å²) in [5.74, 6) is 0.772. The number of carbonyl (C=O) groups is 1. The zero-order valence-electron chi connectivity index (χ0n) is 17.4. The van der Waals surface area contributed by atoms with E-state index in [4.69, 9.17) is 9.47 Å².